The van der Waals surface area contributed by atoms with Gasteiger partial charge >= 0.3 is 0 Å². The predicted octanol–water partition coefficient (Wildman–Crippen LogP) is 2.54. The highest BCUT2D eigenvalue weighted by Crippen LogP contribution is 2.47. The second kappa shape index (κ2) is 6.16. The Morgan fingerprint density at radius 3 is 2.11 bits per heavy atom. The highest BCUT2D eigenvalue weighted by molar-refractivity contribution is 5.85. The summed E-state index contributed by atoms with van der Waals surface area (Å²) < 4.78 is 16.0. The molecule has 0 heterocycles. The molecule has 1 aromatic carbocycles. The van der Waals surface area contributed by atoms with E-state index < -0.39 is 0 Å². The van der Waals surface area contributed by atoms with E-state index in [4.69, 9.17) is 19.9 Å². The van der Waals surface area contributed by atoms with Gasteiger partial charge in [0.05, 0.1) is 21.3 Å². The summed E-state index contributed by atoms with van der Waals surface area (Å²) in [6.07, 6.45) is 2.39. The van der Waals surface area contributed by atoms with Gasteiger partial charge in [0.25, 0.3) is 0 Å². The second-order valence-electron chi connectivity index (χ2n) is 4.29. The van der Waals surface area contributed by atoms with Crippen LogP contribution in [0, 0.1) is 5.92 Å². The molecular formula is C13H20ClNO3. The Kier molecular flexibility index (Phi) is 5.11. The zero-order valence-electron chi connectivity index (χ0n) is 10.9. The summed E-state index contributed by atoms with van der Waals surface area (Å²) in [5.74, 6) is 2.54. The lowest BCUT2D eigenvalue weighted by atomic mass is 10.0. The van der Waals surface area contributed by atoms with Crippen LogP contribution in [-0.2, 0) is 0 Å². The molecule has 0 radical (unpaired) electrons. The number of methoxy groups -OCH3 is 3. The van der Waals surface area contributed by atoms with Crippen LogP contribution < -0.4 is 19.9 Å². The predicted molar refractivity (Wildman–Crippen MR) is 73.0 cm³/mol. The van der Waals surface area contributed by atoms with Crippen LogP contribution in [-0.4, -0.2) is 21.3 Å². The minimum Gasteiger partial charge on any atom is -0.493 e. The van der Waals surface area contributed by atoms with E-state index in [1.165, 1.54) is 12.8 Å². The molecule has 2 N–H and O–H groups in total. The van der Waals surface area contributed by atoms with Crippen LogP contribution in [0.1, 0.15) is 24.4 Å². The van der Waals surface area contributed by atoms with Gasteiger partial charge in [-0.3, -0.25) is 0 Å². The molecule has 2 rings (SSSR count). The minimum atomic E-state index is 0. The van der Waals surface area contributed by atoms with Crippen LogP contribution in [0.4, 0.5) is 0 Å². The van der Waals surface area contributed by atoms with Crippen molar-refractivity contribution in [2.75, 3.05) is 21.3 Å². The molecule has 18 heavy (non-hydrogen) atoms. The van der Waals surface area contributed by atoms with Gasteiger partial charge in [0.15, 0.2) is 11.5 Å². The smallest absolute Gasteiger partial charge is 0.203 e. The van der Waals surface area contributed by atoms with Gasteiger partial charge in [-0.05, 0) is 30.9 Å². The Bertz CT molecular complexity index is 407. The van der Waals surface area contributed by atoms with E-state index in [1.54, 1.807) is 21.3 Å². The van der Waals surface area contributed by atoms with Crippen molar-refractivity contribution in [3.63, 3.8) is 0 Å². The molecule has 1 atom stereocenters. The zero-order chi connectivity index (χ0) is 12.4. The lowest BCUT2D eigenvalue weighted by molar-refractivity contribution is 0.320. The lowest BCUT2D eigenvalue weighted by Crippen LogP contribution is -2.14. The summed E-state index contributed by atoms with van der Waals surface area (Å²) in [6, 6.07) is 3.85. The number of hydrogen-bond acceptors (Lipinski definition) is 4. The summed E-state index contributed by atoms with van der Waals surface area (Å²) in [5.41, 5.74) is 7.21. The molecule has 102 valence electrons. The van der Waals surface area contributed by atoms with E-state index in [-0.39, 0.29) is 18.4 Å². The van der Waals surface area contributed by atoms with Crippen LogP contribution in [0.25, 0.3) is 0 Å². The van der Waals surface area contributed by atoms with Crippen LogP contribution in [0.2, 0.25) is 0 Å². The molecule has 4 nitrogen and oxygen atoms in total. The summed E-state index contributed by atoms with van der Waals surface area (Å²) in [5, 5.41) is 0. The first-order valence-corrected chi connectivity index (χ1v) is 5.77. The Balaban J connectivity index is 0.00000162. The van der Waals surface area contributed by atoms with E-state index >= 15 is 0 Å². The van der Waals surface area contributed by atoms with Gasteiger partial charge in [0, 0.05) is 11.6 Å². The normalized spacial score (nSPS) is 15.6. The average molecular weight is 274 g/mol. The highest BCUT2D eigenvalue weighted by Gasteiger charge is 2.32. The molecule has 1 aromatic rings. The summed E-state index contributed by atoms with van der Waals surface area (Å²) >= 11 is 0. The number of benzene rings is 1. The van der Waals surface area contributed by atoms with E-state index in [0.29, 0.717) is 23.2 Å². The second-order valence-corrected chi connectivity index (χ2v) is 4.29. The Labute approximate surface area is 114 Å². The molecule has 1 aliphatic rings. The topological polar surface area (TPSA) is 53.7 Å². The maximum atomic E-state index is 6.22. The first kappa shape index (κ1) is 14.9. The SMILES string of the molecule is COc1ccc([C@@H](N)C2CC2)c(OC)c1OC.Cl. The number of nitrogens with two attached hydrogens (primary N) is 1. The summed E-state index contributed by atoms with van der Waals surface area (Å²) in [7, 11) is 4.84. The van der Waals surface area contributed by atoms with E-state index in [0.717, 1.165) is 5.56 Å². The molecule has 0 aliphatic heterocycles. The van der Waals surface area contributed by atoms with E-state index in [9.17, 15) is 0 Å². The van der Waals surface area contributed by atoms with Gasteiger partial charge < -0.3 is 19.9 Å². The van der Waals surface area contributed by atoms with Crippen molar-refractivity contribution in [2.45, 2.75) is 18.9 Å². The molecule has 1 saturated carbocycles. The number of ether oxygens (including phenoxy) is 3. The first-order valence-electron chi connectivity index (χ1n) is 5.77. The zero-order valence-corrected chi connectivity index (χ0v) is 11.8. The van der Waals surface area contributed by atoms with Crippen LogP contribution in [0.3, 0.4) is 0 Å². The monoisotopic (exact) mass is 273 g/mol. The van der Waals surface area contributed by atoms with Gasteiger partial charge in [-0.1, -0.05) is 0 Å². The fraction of sp³-hybridized carbons (Fsp3) is 0.538. The molecule has 0 aromatic heterocycles. The Morgan fingerprint density at radius 2 is 1.67 bits per heavy atom. The van der Waals surface area contributed by atoms with Gasteiger partial charge in [0.2, 0.25) is 5.75 Å². The van der Waals surface area contributed by atoms with Gasteiger partial charge in [-0.25, -0.2) is 0 Å². The number of hydrogen-bond donors (Lipinski definition) is 1. The van der Waals surface area contributed by atoms with Crippen molar-refractivity contribution < 1.29 is 14.2 Å². The van der Waals surface area contributed by atoms with E-state index in [1.807, 2.05) is 12.1 Å². The summed E-state index contributed by atoms with van der Waals surface area (Å²) in [6.45, 7) is 0. The third-order valence-corrected chi connectivity index (χ3v) is 3.22. The third-order valence-electron chi connectivity index (χ3n) is 3.22. The Morgan fingerprint density at radius 1 is 1.06 bits per heavy atom. The van der Waals surface area contributed by atoms with Crippen molar-refractivity contribution >= 4 is 12.4 Å². The van der Waals surface area contributed by atoms with E-state index in [2.05, 4.69) is 0 Å². The van der Waals surface area contributed by atoms with Gasteiger partial charge in [-0.2, -0.15) is 0 Å². The maximum absolute atomic E-state index is 6.22. The van der Waals surface area contributed by atoms with Crippen LogP contribution in [0.5, 0.6) is 17.2 Å². The van der Waals surface area contributed by atoms with Crippen molar-refractivity contribution in [3.05, 3.63) is 17.7 Å². The lowest BCUT2D eigenvalue weighted by Gasteiger charge is -2.19. The molecule has 0 bridgehead atoms. The first-order chi connectivity index (χ1) is 8.22. The molecule has 0 spiro atoms. The quantitative estimate of drug-likeness (QED) is 0.896. The fourth-order valence-corrected chi connectivity index (χ4v) is 2.10. The maximum Gasteiger partial charge on any atom is 0.203 e. The van der Waals surface area contributed by atoms with Crippen LogP contribution >= 0.6 is 12.4 Å². The standard InChI is InChI=1S/C13H19NO3.ClH/c1-15-10-7-6-9(11(14)8-4-5-8)12(16-2)13(10)17-3;/h6-8,11H,4-5,14H2,1-3H3;1H/t11-;/m0./s1. The minimum absolute atomic E-state index is 0. The molecule has 5 heteroatoms. The average Bonchev–Trinajstić information content (AvgIpc) is 3.20. The van der Waals surface area contributed by atoms with Gasteiger partial charge in [-0.15, -0.1) is 12.4 Å². The molecule has 1 aliphatic carbocycles. The van der Waals surface area contributed by atoms with Gasteiger partial charge in [0.1, 0.15) is 0 Å². The van der Waals surface area contributed by atoms with Crippen molar-refractivity contribution in [2.24, 2.45) is 11.7 Å². The molecule has 1 fully saturated rings. The summed E-state index contributed by atoms with van der Waals surface area (Å²) in [4.78, 5) is 0. The van der Waals surface area contributed by atoms with Crippen molar-refractivity contribution in [3.8, 4) is 17.2 Å². The third kappa shape index (κ3) is 2.65. The largest absolute Gasteiger partial charge is 0.493 e. The number of rotatable bonds is 5. The van der Waals surface area contributed by atoms with Crippen molar-refractivity contribution in [1.29, 1.82) is 0 Å². The highest BCUT2D eigenvalue weighted by atomic mass is 35.5. The molecule has 0 saturated heterocycles. The van der Waals surface area contributed by atoms with Crippen molar-refractivity contribution in [1.82, 2.24) is 0 Å². The molecule has 0 unspecified atom stereocenters. The Hall–Kier alpha value is -1.13. The molecule has 0 amide bonds. The molecular weight excluding hydrogens is 254 g/mol. The van der Waals surface area contributed by atoms with Crippen LogP contribution in [0.15, 0.2) is 12.1 Å². The number of halogens is 1. The fourth-order valence-electron chi connectivity index (χ4n) is 2.10.